The number of hydrogen-bond donors (Lipinski definition) is 1. The number of benzene rings is 1. The molecule has 30 heavy (non-hydrogen) atoms. The highest BCUT2D eigenvalue weighted by molar-refractivity contribution is 6.54. The summed E-state index contributed by atoms with van der Waals surface area (Å²) in [6, 6.07) is 12.3. The van der Waals surface area contributed by atoms with Crippen LogP contribution in [-0.4, -0.2) is 36.2 Å². The quantitative estimate of drug-likeness (QED) is 0.580. The molecule has 1 N–H and O–H groups in total. The van der Waals surface area contributed by atoms with Gasteiger partial charge in [-0.25, -0.2) is 9.97 Å². The number of aromatic nitrogens is 2. The second-order valence-corrected chi connectivity index (χ2v) is 7.62. The average molecular weight is 401 g/mol. The van der Waals surface area contributed by atoms with Gasteiger partial charge in [0.25, 0.3) is 5.91 Å². The number of aryl methyl sites for hydroxylation is 1. The minimum atomic E-state index is -0.305. The van der Waals surface area contributed by atoms with Crippen molar-refractivity contribution in [2.45, 2.75) is 45.5 Å². The molecule has 7 heteroatoms. The van der Waals surface area contributed by atoms with Crippen molar-refractivity contribution >= 4 is 30.2 Å². The molecule has 0 aliphatic heterocycles. The van der Waals surface area contributed by atoms with Gasteiger partial charge in [0.05, 0.1) is 17.6 Å². The van der Waals surface area contributed by atoms with Gasteiger partial charge in [0.2, 0.25) is 11.7 Å². The molecule has 2 aromatic heterocycles. The number of nitrogens with zero attached hydrogens (tertiary/aromatic N) is 3. The van der Waals surface area contributed by atoms with Gasteiger partial charge in [0.1, 0.15) is 13.1 Å². The molecule has 0 atom stereocenters. The van der Waals surface area contributed by atoms with Crippen molar-refractivity contribution in [2.75, 3.05) is 17.3 Å². The molecule has 0 spiro atoms. The van der Waals surface area contributed by atoms with Gasteiger partial charge >= 0.3 is 0 Å². The Morgan fingerprint density at radius 2 is 2.07 bits per heavy atom. The first-order valence-electron chi connectivity index (χ1n) is 10.5. The fourth-order valence-corrected chi connectivity index (χ4v) is 3.50. The van der Waals surface area contributed by atoms with Crippen LogP contribution in [0.3, 0.4) is 0 Å². The summed E-state index contributed by atoms with van der Waals surface area (Å²) in [5.74, 6) is 1.34. The van der Waals surface area contributed by atoms with Crippen molar-refractivity contribution in [1.29, 1.82) is 0 Å². The van der Waals surface area contributed by atoms with Crippen LogP contribution in [0.1, 0.15) is 42.4 Å². The van der Waals surface area contributed by atoms with Gasteiger partial charge in [0, 0.05) is 18.7 Å². The summed E-state index contributed by atoms with van der Waals surface area (Å²) < 4.78 is 5.96. The zero-order valence-corrected chi connectivity index (χ0v) is 17.7. The van der Waals surface area contributed by atoms with E-state index in [0.29, 0.717) is 29.7 Å². The Balaban J connectivity index is 1.56. The number of hydrogen-bond acceptors (Lipinski definition) is 5. The number of pyridine rings is 1. The minimum Gasteiger partial charge on any atom is -0.431 e. The SMILES string of the molecule is C[B]c1ccccc1-c1nc(CCC)c(C(=O)Nc2ccc(N(C)C3CC3)nc2)o1. The van der Waals surface area contributed by atoms with Gasteiger partial charge < -0.3 is 14.6 Å². The largest absolute Gasteiger partial charge is 0.431 e. The normalized spacial score (nSPS) is 13.2. The van der Waals surface area contributed by atoms with Crippen LogP contribution in [0.15, 0.2) is 47.0 Å². The van der Waals surface area contributed by atoms with E-state index in [1.54, 1.807) is 6.20 Å². The lowest BCUT2D eigenvalue weighted by Gasteiger charge is -2.17. The Bertz CT molecular complexity index is 1030. The van der Waals surface area contributed by atoms with E-state index in [-0.39, 0.29) is 11.7 Å². The number of oxazole rings is 1. The number of carbonyl (C=O) groups is 1. The zero-order valence-electron chi connectivity index (χ0n) is 17.7. The Labute approximate surface area is 178 Å². The minimum absolute atomic E-state index is 0.261. The van der Waals surface area contributed by atoms with Gasteiger partial charge in [-0.3, -0.25) is 4.79 Å². The van der Waals surface area contributed by atoms with Gasteiger partial charge in [-0.2, -0.15) is 0 Å². The summed E-state index contributed by atoms with van der Waals surface area (Å²) in [6.45, 7) is 4.03. The number of anilines is 2. The van der Waals surface area contributed by atoms with Gasteiger partial charge in [-0.1, -0.05) is 49.9 Å². The first kappa shape index (κ1) is 20.2. The topological polar surface area (TPSA) is 71.3 Å². The van der Waals surface area contributed by atoms with Crippen molar-refractivity contribution in [3.8, 4) is 11.5 Å². The summed E-state index contributed by atoms with van der Waals surface area (Å²) in [5.41, 5.74) is 3.21. The Hall–Kier alpha value is -3.09. The standard InChI is InChI=1S/C23H26BN4O2/c1-4-7-19-21(30-23(27-19)17-8-5-6-9-18(17)24-2)22(29)26-15-10-13-20(25-14-15)28(3)16-11-12-16/h5-6,8-10,13-14,16H,4,7,11-12H2,1-3H3,(H,26,29). The highest BCUT2D eigenvalue weighted by Gasteiger charge is 2.27. The van der Waals surface area contributed by atoms with Crippen molar-refractivity contribution in [3.05, 3.63) is 54.0 Å². The average Bonchev–Trinajstić information content (AvgIpc) is 3.54. The second-order valence-electron chi connectivity index (χ2n) is 7.62. The third kappa shape index (κ3) is 4.25. The Kier molecular flexibility index (Phi) is 5.88. The van der Waals surface area contributed by atoms with Crippen molar-refractivity contribution in [2.24, 2.45) is 0 Å². The van der Waals surface area contributed by atoms with E-state index in [4.69, 9.17) is 4.42 Å². The van der Waals surface area contributed by atoms with Crippen LogP contribution in [0.2, 0.25) is 6.82 Å². The molecule has 1 saturated carbocycles. The molecule has 1 radical (unpaired) electrons. The predicted octanol–water partition coefficient (Wildman–Crippen LogP) is 3.92. The molecular weight excluding hydrogens is 375 g/mol. The fourth-order valence-electron chi connectivity index (χ4n) is 3.50. The highest BCUT2D eigenvalue weighted by atomic mass is 16.4. The maximum atomic E-state index is 13.0. The molecule has 0 bridgehead atoms. The lowest BCUT2D eigenvalue weighted by molar-refractivity contribution is 0.0996. The number of rotatable bonds is 8. The molecule has 6 nitrogen and oxygen atoms in total. The molecular formula is C23H26BN4O2. The van der Waals surface area contributed by atoms with Crippen LogP contribution in [0.4, 0.5) is 11.5 Å². The van der Waals surface area contributed by atoms with E-state index >= 15 is 0 Å². The predicted molar refractivity (Wildman–Crippen MR) is 121 cm³/mol. The summed E-state index contributed by atoms with van der Waals surface area (Å²) in [7, 11) is 4.06. The van der Waals surface area contributed by atoms with Crippen LogP contribution < -0.4 is 15.7 Å². The summed E-state index contributed by atoms with van der Waals surface area (Å²) in [4.78, 5) is 24.2. The van der Waals surface area contributed by atoms with E-state index < -0.39 is 0 Å². The molecule has 1 aromatic carbocycles. The zero-order chi connectivity index (χ0) is 21.1. The molecule has 3 aromatic rings. The monoisotopic (exact) mass is 401 g/mol. The van der Waals surface area contributed by atoms with E-state index in [0.717, 1.165) is 23.3 Å². The van der Waals surface area contributed by atoms with E-state index in [1.165, 1.54) is 12.8 Å². The van der Waals surface area contributed by atoms with Crippen molar-refractivity contribution < 1.29 is 9.21 Å². The molecule has 4 rings (SSSR count). The smallest absolute Gasteiger partial charge is 0.293 e. The molecule has 1 aliphatic carbocycles. The lowest BCUT2D eigenvalue weighted by Crippen LogP contribution is -2.20. The van der Waals surface area contributed by atoms with Gasteiger partial charge in [0.15, 0.2) is 0 Å². The van der Waals surface area contributed by atoms with E-state index in [1.807, 2.05) is 50.5 Å². The summed E-state index contributed by atoms with van der Waals surface area (Å²) in [6.07, 6.45) is 5.66. The van der Waals surface area contributed by atoms with Crippen LogP contribution in [0.25, 0.3) is 11.5 Å². The maximum Gasteiger partial charge on any atom is 0.293 e. The van der Waals surface area contributed by atoms with Gasteiger partial charge in [-0.15, -0.1) is 0 Å². The number of amides is 1. The Morgan fingerprint density at radius 1 is 1.27 bits per heavy atom. The van der Waals surface area contributed by atoms with Crippen LogP contribution in [0, 0.1) is 0 Å². The third-order valence-electron chi connectivity index (χ3n) is 5.35. The Morgan fingerprint density at radius 3 is 2.73 bits per heavy atom. The van der Waals surface area contributed by atoms with Crippen molar-refractivity contribution in [3.63, 3.8) is 0 Å². The van der Waals surface area contributed by atoms with Crippen LogP contribution in [-0.2, 0) is 6.42 Å². The summed E-state index contributed by atoms with van der Waals surface area (Å²) in [5, 5.41) is 2.90. The molecule has 153 valence electrons. The molecule has 1 amide bonds. The lowest BCUT2D eigenvalue weighted by atomic mass is 9.71. The molecule has 2 heterocycles. The van der Waals surface area contributed by atoms with Crippen LogP contribution in [0.5, 0.6) is 0 Å². The maximum absolute atomic E-state index is 13.0. The number of nitrogens with one attached hydrogen (secondary N) is 1. The second kappa shape index (κ2) is 8.73. The molecule has 0 saturated heterocycles. The first-order valence-corrected chi connectivity index (χ1v) is 10.5. The molecule has 1 fully saturated rings. The van der Waals surface area contributed by atoms with E-state index in [2.05, 4.69) is 34.2 Å². The third-order valence-corrected chi connectivity index (χ3v) is 5.35. The fraction of sp³-hybridized carbons (Fsp3) is 0.348. The highest BCUT2D eigenvalue weighted by Crippen LogP contribution is 2.29. The van der Waals surface area contributed by atoms with E-state index in [9.17, 15) is 4.79 Å². The first-order chi connectivity index (χ1) is 14.6. The van der Waals surface area contributed by atoms with Gasteiger partial charge in [-0.05, 0) is 31.4 Å². The summed E-state index contributed by atoms with van der Waals surface area (Å²) >= 11 is 0. The van der Waals surface area contributed by atoms with Crippen LogP contribution >= 0.6 is 0 Å². The number of carbonyl (C=O) groups excluding carboxylic acids is 1. The van der Waals surface area contributed by atoms with Crippen molar-refractivity contribution in [1.82, 2.24) is 9.97 Å². The molecule has 0 unspecified atom stereocenters. The molecule has 1 aliphatic rings.